The van der Waals surface area contributed by atoms with Gasteiger partial charge < -0.3 is 10.2 Å². The first-order valence-electron chi connectivity index (χ1n) is 9.58. The highest BCUT2D eigenvalue weighted by Gasteiger charge is 2.51. The van der Waals surface area contributed by atoms with Crippen molar-refractivity contribution in [3.05, 3.63) is 0 Å². The minimum absolute atomic E-state index is 0.405. The highest BCUT2D eigenvalue weighted by Crippen LogP contribution is 2.61. The van der Waals surface area contributed by atoms with Crippen LogP contribution in [0.15, 0.2) is 0 Å². The normalized spacial score (nSPS) is 43.6. The second-order valence-electron chi connectivity index (χ2n) is 9.00. The lowest BCUT2D eigenvalue weighted by molar-refractivity contribution is -0.141. The van der Waals surface area contributed by atoms with Crippen LogP contribution in [0.4, 0.5) is 0 Å². The zero-order valence-corrected chi connectivity index (χ0v) is 14.2. The van der Waals surface area contributed by atoms with Crippen LogP contribution in [0.2, 0.25) is 0 Å². The maximum absolute atomic E-state index is 12.9. The summed E-state index contributed by atoms with van der Waals surface area (Å²) in [6, 6.07) is 0. The van der Waals surface area contributed by atoms with Crippen molar-refractivity contribution in [2.45, 2.75) is 57.8 Å². The number of carbonyl (C=O) groups is 1. The van der Waals surface area contributed by atoms with Crippen LogP contribution in [0.3, 0.4) is 0 Å². The molecule has 3 heteroatoms. The summed E-state index contributed by atoms with van der Waals surface area (Å²) in [5.74, 6) is 4.01. The van der Waals surface area contributed by atoms with Crippen molar-refractivity contribution in [3.63, 3.8) is 0 Å². The fraction of sp³-hybridized carbons (Fsp3) is 0.947. The monoisotopic (exact) mass is 304 g/mol. The first kappa shape index (κ1) is 15.0. The third kappa shape index (κ3) is 2.81. The lowest BCUT2D eigenvalue weighted by Crippen LogP contribution is -2.50. The van der Waals surface area contributed by atoms with Gasteiger partial charge >= 0.3 is 0 Å². The molecule has 5 aliphatic rings. The number of amides is 1. The molecule has 1 unspecified atom stereocenters. The topological polar surface area (TPSA) is 32.3 Å². The Hall–Kier alpha value is -0.570. The van der Waals surface area contributed by atoms with Gasteiger partial charge in [0.15, 0.2) is 0 Å². The fourth-order valence-corrected chi connectivity index (χ4v) is 6.69. The Labute approximate surface area is 135 Å². The molecule has 1 amide bonds. The molecule has 1 heterocycles. The Kier molecular flexibility index (Phi) is 3.96. The number of carbonyl (C=O) groups excluding carboxylic acids is 1. The molecule has 4 bridgehead atoms. The van der Waals surface area contributed by atoms with Gasteiger partial charge in [0.25, 0.3) is 0 Å². The number of nitrogens with one attached hydrogen (secondary N) is 1. The summed E-state index contributed by atoms with van der Waals surface area (Å²) < 4.78 is 0. The van der Waals surface area contributed by atoms with Crippen molar-refractivity contribution >= 4 is 5.91 Å². The van der Waals surface area contributed by atoms with Crippen molar-refractivity contribution in [1.29, 1.82) is 0 Å². The summed E-state index contributed by atoms with van der Waals surface area (Å²) in [6.07, 6.45) is 11.8. The number of likely N-dealkylation sites (tertiary alicyclic amines) is 1. The van der Waals surface area contributed by atoms with E-state index in [1.54, 1.807) is 0 Å². The molecule has 124 valence electrons. The molecule has 1 atom stereocenters. The fourth-order valence-electron chi connectivity index (χ4n) is 6.69. The summed E-state index contributed by atoms with van der Waals surface area (Å²) in [7, 11) is 2.02. The smallest absolute Gasteiger partial charge is 0.223 e. The molecule has 3 nitrogen and oxygen atoms in total. The molecule has 0 aromatic heterocycles. The Morgan fingerprint density at radius 3 is 2.36 bits per heavy atom. The quantitative estimate of drug-likeness (QED) is 0.866. The van der Waals surface area contributed by atoms with Gasteiger partial charge in [-0.2, -0.15) is 0 Å². The molecule has 4 aliphatic carbocycles. The Morgan fingerprint density at radius 1 is 1.14 bits per heavy atom. The van der Waals surface area contributed by atoms with E-state index in [-0.39, 0.29) is 0 Å². The van der Waals surface area contributed by atoms with Gasteiger partial charge in [-0.05, 0) is 94.0 Å². The number of nitrogens with zero attached hydrogens (tertiary/aromatic N) is 1. The molecular weight excluding hydrogens is 272 g/mol. The van der Waals surface area contributed by atoms with Gasteiger partial charge in [-0.3, -0.25) is 4.79 Å². The van der Waals surface area contributed by atoms with Crippen LogP contribution in [0, 0.1) is 29.1 Å². The maximum Gasteiger partial charge on any atom is 0.223 e. The summed E-state index contributed by atoms with van der Waals surface area (Å²) in [5, 5.41) is 3.29. The standard InChI is InChI=1S/C19H32N2O/c1-20-12-14-3-2-4-21(13-14)18(22)11-19-8-15-5-16(9-19)7-17(6-15)10-19/h14-17,20H,2-13H2,1H3. The summed E-state index contributed by atoms with van der Waals surface area (Å²) in [4.78, 5) is 15.1. The van der Waals surface area contributed by atoms with Crippen LogP contribution in [0.25, 0.3) is 0 Å². The zero-order valence-electron chi connectivity index (χ0n) is 14.2. The Balaban J connectivity index is 1.39. The predicted octanol–water partition coefficient (Wildman–Crippen LogP) is 3.05. The van der Waals surface area contributed by atoms with Gasteiger partial charge in [-0.1, -0.05) is 0 Å². The summed E-state index contributed by atoms with van der Waals surface area (Å²) in [6.45, 7) is 3.05. The number of piperidine rings is 1. The molecule has 0 aromatic carbocycles. The molecule has 0 spiro atoms. The van der Waals surface area contributed by atoms with E-state index in [1.807, 2.05) is 7.05 Å². The third-order valence-electron chi connectivity index (χ3n) is 7.06. The molecule has 0 aromatic rings. The average Bonchev–Trinajstić information content (AvgIpc) is 2.46. The number of rotatable bonds is 4. The van der Waals surface area contributed by atoms with Crippen molar-refractivity contribution in [1.82, 2.24) is 10.2 Å². The van der Waals surface area contributed by atoms with E-state index in [2.05, 4.69) is 10.2 Å². The van der Waals surface area contributed by atoms with E-state index in [0.29, 0.717) is 17.2 Å². The van der Waals surface area contributed by atoms with Crippen LogP contribution >= 0.6 is 0 Å². The second kappa shape index (κ2) is 5.81. The largest absolute Gasteiger partial charge is 0.342 e. The van der Waals surface area contributed by atoms with Crippen LogP contribution < -0.4 is 5.32 Å². The van der Waals surface area contributed by atoms with E-state index >= 15 is 0 Å². The molecule has 22 heavy (non-hydrogen) atoms. The van der Waals surface area contributed by atoms with Crippen LogP contribution in [-0.4, -0.2) is 37.5 Å². The van der Waals surface area contributed by atoms with E-state index in [9.17, 15) is 4.79 Å². The van der Waals surface area contributed by atoms with E-state index in [0.717, 1.165) is 43.8 Å². The van der Waals surface area contributed by atoms with E-state index < -0.39 is 0 Å². The summed E-state index contributed by atoms with van der Waals surface area (Å²) >= 11 is 0. The van der Waals surface area contributed by atoms with Crippen molar-refractivity contribution < 1.29 is 4.79 Å². The maximum atomic E-state index is 12.9. The minimum atomic E-state index is 0.405. The SMILES string of the molecule is CNCC1CCCN(C(=O)CC23CC4CC(CC(C4)C2)C3)C1. The minimum Gasteiger partial charge on any atom is -0.342 e. The second-order valence-corrected chi connectivity index (χ2v) is 9.00. The summed E-state index contributed by atoms with van der Waals surface area (Å²) in [5.41, 5.74) is 0.405. The molecule has 1 N–H and O–H groups in total. The van der Waals surface area contributed by atoms with Crippen LogP contribution in [0.5, 0.6) is 0 Å². The third-order valence-corrected chi connectivity index (χ3v) is 7.06. The molecular formula is C19H32N2O. The molecule has 0 radical (unpaired) electrons. The van der Waals surface area contributed by atoms with Gasteiger partial charge in [0.05, 0.1) is 0 Å². The van der Waals surface area contributed by atoms with Crippen molar-refractivity contribution in [2.75, 3.05) is 26.7 Å². The van der Waals surface area contributed by atoms with E-state index in [1.165, 1.54) is 51.4 Å². The van der Waals surface area contributed by atoms with Crippen LogP contribution in [0.1, 0.15) is 57.8 Å². The molecule has 5 rings (SSSR count). The van der Waals surface area contributed by atoms with Crippen LogP contribution in [-0.2, 0) is 4.79 Å². The van der Waals surface area contributed by atoms with Crippen molar-refractivity contribution in [3.8, 4) is 0 Å². The van der Waals surface area contributed by atoms with Gasteiger partial charge in [0, 0.05) is 19.5 Å². The molecule has 5 fully saturated rings. The average molecular weight is 304 g/mol. The predicted molar refractivity (Wildman–Crippen MR) is 88.5 cm³/mol. The number of hydrogen-bond donors (Lipinski definition) is 1. The van der Waals surface area contributed by atoms with Gasteiger partial charge in [-0.25, -0.2) is 0 Å². The van der Waals surface area contributed by atoms with E-state index in [4.69, 9.17) is 0 Å². The highest BCUT2D eigenvalue weighted by atomic mass is 16.2. The van der Waals surface area contributed by atoms with Gasteiger partial charge in [0.1, 0.15) is 0 Å². The Bertz CT molecular complexity index is 396. The lowest BCUT2D eigenvalue weighted by atomic mass is 9.49. The zero-order chi connectivity index (χ0) is 15.2. The first-order chi connectivity index (χ1) is 10.7. The molecule has 1 aliphatic heterocycles. The van der Waals surface area contributed by atoms with Gasteiger partial charge in [-0.15, -0.1) is 0 Å². The van der Waals surface area contributed by atoms with Crippen molar-refractivity contribution in [2.24, 2.45) is 29.1 Å². The molecule has 1 saturated heterocycles. The van der Waals surface area contributed by atoms with Gasteiger partial charge in [0.2, 0.25) is 5.91 Å². The lowest BCUT2D eigenvalue weighted by Gasteiger charge is -2.57. The number of hydrogen-bond acceptors (Lipinski definition) is 2. The first-order valence-corrected chi connectivity index (χ1v) is 9.58. The molecule has 4 saturated carbocycles. The highest BCUT2D eigenvalue weighted by molar-refractivity contribution is 5.77. The Morgan fingerprint density at radius 2 is 1.77 bits per heavy atom.